The van der Waals surface area contributed by atoms with Gasteiger partial charge in [0.05, 0.1) is 24.0 Å². The van der Waals surface area contributed by atoms with Crippen molar-refractivity contribution in [1.82, 2.24) is 20.3 Å². The Hall–Kier alpha value is -1.47. The highest BCUT2D eigenvalue weighted by molar-refractivity contribution is 5.80. The summed E-state index contributed by atoms with van der Waals surface area (Å²) >= 11 is 0. The summed E-state index contributed by atoms with van der Waals surface area (Å²) in [4.78, 5) is 11.1. The number of aromatic nitrogens is 3. The van der Waals surface area contributed by atoms with E-state index in [1.54, 1.807) is 18.5 Å². The van der Waals surface area contributed by atoms with Gasteiger partial charge >= 0.3 is 0 Å². The zero-order chi connectivity index (χ0) is 12.6. The van der Waals surface area contributed by atoms with Crippen molar-refractivity contribution in [2.45, 2.75) is 38.0 Å². The average molecular weight is 239 g/mol. The average Bonchev–Trinajstić information content (AvgIpc) is 2.85. The molecule has 0 spiro atoms. The topological polar surface area (TPSA) is 106 Å². The van der Waals surface area contributed by atoms with Crippen molar-refractivity contribution in [3.8, 4) is 0 Å². The second-order valence-electron chi connectivity index (χ2n) is 4.88. The molecule has 1 aliphatic rings. The monoisotopic (exact) mass is 239 g/mol. The van der Waals surface area contributed by atoms with Gasteiger partial charge in [-0.25, -0.2) is 4.68 Å². The van der Waals surface area contributed by atoms with E-state index in [0.29, 0.717) is 18.7 Å². The number of carbonyl (C=O) groups excluding carboxylic acids is 1. The summed E-state index contributed by atoms with van der Waals surface area (Å²) in [5.74, 6) is -0.363. The molecule has 2 heterocycles. The molecule has 0 bridgehead atoms. The lowest BCUT2D eigenvalue weighted by molar-refractivity contribution is -0.119. The second kappa shape index (κ2) is 4.08. The third-order valence-electron chi connectivity index (χ3n) is 3.00. The van der Waals surface area contributed by atoms with Crippen LogP contribution in [0, 0.1) is 0 Å². The normalized spacial score (nSPS) is 25.1. The lowest BCUT2D eigenvalue weighted by Crippen LogP contribution is -2.36. The fraction of sp³-hybridized carbons (Fsp3) is 0.700. The molecule has 94 valence electrons. The summed E-state index contributed by atoms with van der Waals surface area (Å²) in [7, 11) is 0. The van der Waals surface area contributed by atoms with Crippen molar-refractivity contribution in [3.05, 3.63) is 11.9 Å². The van der Waals surface area contributed by atoms with E-state index >= 15 is 0 Å². The maximum Gasteiger partial charge on any atom is 0.234 e. The SMILES string of the molecule is CC(C)(O)c1cnnn1C1CN[C@H](C(N)=O)C1. The van der Waals surface area contributed by atoms with Crippen LogP contribution in [0.15, 0.2) is 6.20 Å². The van der Waals surface area contributed by atoms with Crippen molar-refractivity contribution in [3.63, 3.8) is 0 Å². The number of hydrogen-bond donors (Lipinski definition) is 3. The summed E-state index contributed by atoms with van der Waals surface area (Å²) < 4.78 is 1.66. The van der Waals surface area contributed by atoms with Crippen molar-refractivity contribution >= 4 is 5.91 Å². The van der Waals surface area contributed by atoms with Gasteiger partial charge in [0.25, 0.3) is 0 Å². The molecule has 1 amide bonds. The third kappa shape index (κ3) is 2.29. The summed E-state index contributed by atoms with van der Waals surface area (Å²) in [6.07, 6.45) is 2.11. The Morgan fingerprint density at radius 3 is 2.94 bits per heavy atom. The standard InChI is InChI=1S/C10H17N5O2/c1-10(2,17)8-5-13-14-15(8)6-3-7(9(11)16)12-4-6/h5-7,12,17H,3-4H2,1-2H3,(H2,11,16)/t6?,7-/m0/s1. The lowest BCUT2D eigenvalue weighted by Gasteiger charge is -2.21. The molecule has 1 saturated heterocycles. The van der Waals surface area contributed by atoms with E-state index in [9.17, 15) is 9.90 Å². The summed E-state index contributed by atoms with van der Waals surface area (Å²) in [5.41, 5.74) is 4.87. The maximum atomic E-state index is 11.1. The summed E-state index contributed by atoms with van der Waals surface area (Å²) in [5, 5.41) is 20.8. The highest BCUT2D eigenvalue weighted by Gasteiger charge is 2.33. The molecule has 0 saturated carbocycles. The van der Waals surface area contributed by atoms with Gasteiger partial charge in [0.1, 0.15) is 5.60 Å². The van der Waals surface area contributed by atoms with E-state index in [-0.39, 0.29) is 18.0 Å². The van der Waals surface area contributed by atoms with Gasteiger partial charge in [-0.2, -0.15) is 0 Å². The largest absolute Gasteiger partial charge is 0.384 e. The molecule has 0 aliphatic carbocycles. The first-order chi connectivity index (χ1) is 7.89. The van der Waals surface area contributed by atoms with Gasteiger partial charge in [-0.1, -0.05) is 5.21 Å². The number of nitrogens with zero attached hydrogens (tertiary/aromatic N) is 3. The number of nitrogens with one attached hydrogen (secondary N) is 1. The molecule has 1 aromatic heterocycles. The van der Waals surface area contributed by atoms with Crippen LogP contribution in [-0.2, 0) is 10.4 Å². The predicted molar refractivity (Wildman–Crippen MR) is 59.9 cm³/mol. The Morgan fingerprint density at radius 2 is 2.41 bits per heavy atom. The van der Waals surface area contributed by atoms with E-state index < -0.39 is 5.60 Å². The molecule has 2 rings (SSSR count). The van der Waals surface area contributed by atoms with Gasteiger partial charge in [0.2, 0.25) is 5.91 Å². The van der Waals surface area contributed by atoms with E-state index in [0.717, 1.165) is 0 Å². The highest BCUT2D eigenvalue weighted by atomic mass is 16.3. The molecule has 0 radical (unpaired) electrons. The first kappa shape index (κ1) is 12.0. The first-order valence-electron chi connectivity index (χ1n) is 5.55. The molecular weight excluding hydrogens is 222 g/mol. The van der Waals surface area contributed by atoms with Crippen LogP contribution in [0.5, 0.6) is 0 Å². The smallest absolute Gasteiger partial charge is 0.234 e. The van der Waals surface area contributed by atoms with Gasteiger partial charge < -0.3 is 16.2 Å². The highest BCUT2D eigenvalue weighted by Crippen LogP contribution is 2.25. The maximum absolute atomic E-state index is 11.1. The molecule has 1 aromatic rings. The number of aliphatic hydroxyl groups is 1. The molecule has 0 aromatic carbocycles. The van der Waals surface area contributed by atoms with E-state index in [1.165, 1.54) is 6.20 Å². The minimum atomic E-state index is -1.01. The molecule has 7 heteroatoms. The summed E-state index contributed by atoms with van der Waals surface area (Å²) in [6, 6.07) is -0.338. The number of nitrogens with two attached hydrogens (primary N) is 1. The van der Waals surface area contributed by atoms with E-state index in [1.807, 2.05) is 0 Å². The zero-order valence-corrected chi connectivity index (χ0v) is 9.92. The molecule has 1 fully saturated rings. The Morgan fingerprint density at radius 1 is 1.71 bits per heavy atom. The van der Waals surface area contributed by atoms with Crippen molar-refractivity contribution < 1.29 is 9.90 Å². The van der Waals surface area contributed by atoms with Crippen LogP contribution in [0.25, 0.3) is 0 Å². The number of rotatable bonds is 3. The Bertz CT molecular complexity index is 423. The van der Waals surface area contributed by atoms with Crippen molar-refractivity contribution in [2.75, 3.05) is 6.54 Å². The molecule has 7 nitrogen and oxygen atoms in total. The zero-order valence-electron chi connectivity index (χ0n) is 9.92. The van der Waals surface area contributed by atoms with E-state index in [4.69, 9.17) is 5.73 Å². The van der Waals surface area contributed by atoms with Gasteiger partial charge in [0, 0.05) is 6.54 Å². The van der Waals surface area contributed by atoms with Gasteiger partial charge in [-0.05, 0) is 20.3 Å². The minimum Gasteiger partial charge on any atom is -0.384 e. The van der Waals surface area contributed by atoms with Gasteiger partial charge in [-0.3, -0.25) is 4.79 Å². The van der Waals surface area contributed by atoms with Crippen LogP contribution in [0.3, 0.4) is 0 Å². The number of carbonyl (C=O) groups is 1. The Balaban J connectivity index is 2.20. The van der Waals surface area contributed by atoms with Crippen LogP contribution in [0.4, 0.5) is 0 Å². The number of primary amides is 1. The van der Waals surface area contributed by atoms with Gasteiger partial charge in [0.15, 0.2) is 0 Å². The Labute approximate surface area is 99.0 Å². The fourth-order valence-electron chi connectivity index (χ4n) is 2.07. The van der Waals surface area contributed by atoms with Crippen molar-refractivity contribution in [2.24, 2.45) is 5.73 Å². The molecule has 2 atom stereocenters. The molecular formula is C10H17N5O2. The van der Waals surface area contributed by atoms with Gasteiger partial charge in [-0.15, -0.1) is 5.10 Å². The quantitative estimate of drug-likeness (QED) is 0.620. The number of amides is 1. The van der Waals surface area contributed by atoms with Crippen molar-refractivity contribution in [1.29, 1.82) is 0 Å². The summed E-state index contributed by atoms with van der Waals surface area (Å²) in [6.45, 7) is 3.95. The molecule has 17 heavy (non-hydrogen) atoms. The molecule has 4 N–H and O–H groups in total. The molecule has 1 aliphatic heterocycles. The number of hydrogen-bond acceptors (Lipinski definition) is 5. The van der Waals surface area contributed by atoms with Crippen LogP contribution in [0.1, 0.15) is 32.0 Å². The first-order valence-corrected chi connectivity index (χ1v) is 5.55. The van der Waals surface area contributed by atoms with Crippen LogP contribution in [-0.4, -0.2) is 38.6 Å². The second-order valence-corrected chi connectivity index (χ2v) is 4.88. The predicted octanol–water partition coefficient (Wildman–Crippen LogP) is -1.11. The fourth-order valence-corrected chi connectivity index (χ4v) is 2.07. The van der Waals surface area contributed by atoms with E-state index in [2.05, 4.69) is 15.6 Å². The van der Waals surface area contributed by atoms with Crippen LogP contribution < -0.4 is 11.1 Å². The Kier molecular flexibility index (Phi) is 2.88. The van der Waals surface area contributed by atoms with Crippen LogP contribution >= 0.6 is 0 Å². The lowest BCUT2D eigenvalue weighted by atomic mass is 10.1. The molecule has 1 unspecified atom stereocenters. The minimum absolute atomic E-state index is 0.00331. The third-order valence-corrected chi connectivity index (χ3v) is 3.00. The van der Waals surface area contributed by atoms with Crippen LogP contribution in [0.2, 0.25) is 0 Å².